The number of halogens is 2. The molecule has 0 atom stereocenters. The van der Waals surface area contributed by atoms with Gasteiger partial charge in [0.15, 0.2) is 0 Å². The van der Waals surface area contributed by atoms with E-state index >= 15 is 0 Å². The van der Waals surface area contributed by atoms with Gasteiger partial charge in [-0.2, -0.15) is 0 Å². The van der Waals surface area contributed by atoms with Gasteiger partial charge in [-0.1, -0.05) is 13.8 Å². The number of imidazole rings is 1. The van der Waals surface area contributed by atoms with Crippen molar-refractivity contribution in [2.24, 2.45) is 5.92 Å². The smallest absolute Gasteiger partial charge is 0.132 e. The van der Waals surface area contributed by atoms with E-state index in [9.17, 15) is 8.78 Å². The van der Waals surface area contributed by atoms with Crippen LogP contribution in [0, 0.1) is 17.6 Å². The van der Waals surface area contributed by atoms with Crippen molar-refractivity contribution in [3.63, 3.8) is 0 Å². The maximum atomic E-state index is 13.6. The fourth-order valence-electron chi connectivity index (χ4n) is 1.82. The molecular formula is C13H15F2N3. The Kier molecular flexibility index (Phi) is 3.32. The number of anilines is 1. The van der Waals surface area contributed by atoms with Crippen LogP contribution in [0.2, 0.25) is 0 Å². The number of hydrogen-bond donors (Lipinski definition) is 1. The van der Waals surface area contributed by atoms with Crippen LogP contribution in [-0.4, -0.2) is 9.55 Å². The summed E-state index contributed by atoms with van der Waals surface area (Å²) in [5.41, 5.74) is 6.29. The molecule has 0 aliphatic carbocycles. The highest BCUT2D eigenvalue weighted by atomic mass is 19.1. The van der Waals surface area contributed by atoms with Crippen LogP contribution in [0.3, 0.4) is 0 Å². The number of aromatic nitrogens is 2. The number of nitrogens with two attached hydrogens (primary N) is 1. The highest BCUT2D eigenvalue weighted by Gasteiger charge is 2.15. The molecule has 1 aromatic carbocycles. The summed E-state index contributed by atoms with van der Waals surface area (Å²) in [4.78, 5) is 4.07. The molecule has 0 saturated carbocycles. The summed E-state index contributed by atoms with van der Waals surface area (Å²) in [6.07, 6.45) is 1.55. The largest absolute Gasteiger partial charge is 0.383 e. The molecule has 0 amide bonds. The van der Waals surface area contributed by atoms with Crippen molar-refractivity contribution in [3.05, 3.63) is 36.2 Å². The summed E-state index contributed by atoms with van der Waals surface area (Å²) in [7, 11) is 0. The highest BCUT2D eigenvalue weighted by Crippen LogP contribution is 2.27. The minimum absolute atomic E-state index is 0.0926. The normalized spacial score (nSPS) is 11.2. The molecule has 2 rings (SSSR count). The van der Waals surface area contributed by atoms with Crippen molar-refractivity contribution in [2.45, 2.75) is 20.4 Å². The molecule has 0 fully saturated rings. The zero-order valence-corrected chi connectivity index (χ0v) is 10.3. The maximum Gasteiger partial charge on any atom is 0.132 e. The lowest BCUT2D eigenvalue weighted by atomic mass is 10.1. The van der Waals surface area contributed by atoms with Crippen molar-refractivity contribution in [3.8, 4) is 11.3 Å². The van der Waals surface area contributed by atoms with Crippen LogP contribution < -0.4 is 5.73 Å². The van der Waals surface area contributed by atoms with Crippen LogP contribution in [0.25, 0.3) is 11.3 Å². The van der Waals surface area contributed by atoms with Crippen LogP contribution in [0.4, 0.5) is 14.6 Å². The Labute approximate surface area is 104 Å². The Hall–Kier alpha value is -1.91. The molecule has 5 heteroatoms. The number of rotatable bonds is 3. The molecule has 0 aliphatic heterocycles. The zero-order chi connectivity index (χ0) is 13.3. The van der Waals surface area contributed by atoms with Crippen molar-refractivity contribution in [1.82, 2.24) is 9.55 Å². The second-order valence-corrected chi connectivity index (χ2v) is 4.65. The first-order valence-electron chi connectivity index (χ1n) is 5.75. The van der Waals surface area contributed by atoms with E-state index in [1.165, 1.54) is 0 Å². The predicted molar refractivity (Wildman–Crippen MR) is 66.8 cm³/mol. The molecule has 0 spiro atoms. The fraction of sp³-hybridized carbons (Fsp3) is 0.308. The van der Waals surface area contributed by atoms with Crippen LogP contribution in [-0.2, 0) is 6.54 Å². The molecule has 18 heavy (non-hydrogen) atoms. The van der Waals surface area contributed by atoms with Gasteiger partial charge in [-0.15, -0.1) is 0 Å². The zero-order valence-electron chi connectivity index (χ0n) is 10.3. The molecule has 0 saturated heterocycles. The fourth-order valence-corrected chi connectivity index (χ4v) is 1.82. The first-order valence-corrected chi connectivity index (χ1v) is 5.75. The van der Waals surface area contributed by atoms with E-state index in [0.29, 0.717) is 18.3 Å². The third-order valence-corrected chi connectivity index (χ3v) is 2.62. The van der Waals surface area contributed by atoms with E-state index < -0.39 is 11.6 Å². The SMILES string of the molecule is CC(C)Cn1cnc(-c2cc(F)ccc2F)c1N. The van der Waals surface area contributed by atoms with Crippen LogP contribution in [0.1, 0.15) is 13.8 Å². The van der Waals surface area contributed by atoms with E-state index in [1.54, 1.807) is 10.9 Å². The van der Waals surface area contributed by atoms with Crippen molar-refractivity contribution in [1.29, 1.82) is 0 Å². The van der Waals surface area contributed by atoms with Gasteiger partial charge < -0.3 is 10.3 Å². The quantitative estimate of drug-likeness (QED) is 0.911. The molecule has 2 aromatic rings. The molecule has 1 heterocycles. The van der Waals surface area contributed by atoms with E-state index in [2.05, 4.69) is 4.98 Å². The van der Waals surface area contributed by atoms with E-state index in [1.807, 2.05) is 13.8 Å². The standard InChI is InChI=1S/C13H15F2N3/c1-8(2)6-18-7-17-12(13(18)16)10-5-9(14)3-4-11(10)15/h3-5,7-8H,6,16H2,1-2H3. The van der Waals surface area contributed by atoms with Gasteiger partial charge in [0.25, 0.3) is 0 Å². The first-order chi connectivity index (χ1) is 8.49. The van der Waals surface area contributed by atoms with Crippen LogP contribution in [0.15, 0.2) is 24.5 Å². The van der Waals surface area contributed by atoms with Gasteiger partial charge in [-0.3, -0.25) is 0 Å². The van der Waals surface area contributed by atoms with Crippen molar-refractivity contribution < 1.29 is 8.78 Å². The van der Waals surface area contributed by atoms with E-state index in [4.69, 9.17) is 5.73 Å². The van der Waals surface area contributed by atoms with E-state index in [-0.39, 0.29) is 11.3 Å². The second-order valence-electron chi connectivity index (χ2n) is 4.65. The summed E-state index contributed by atoms with van der Waals surface area (Å²) in [5.74, 6) is -0.290. The van der Waals surface area contributed by atoms with Gasteiger partial charge >= 0.3 is 0 Å². The molecular weight excluding hydrogens is 236 g/mol. The average molecular weight is 251 g/mol. The summed E-state index contributed by atoms with van der Waals surface area (Å²) >= 11 is 0. The Morgan fingerprint density at radius 1 is 1.33 bits per heavy atom. The van der Waals surface area contributed by atoms with Crippen LogP contribution in [0.5, 0.6) is 0 Å². The molecule has 0 unspecified atom stereocenters. The van der Waals surface area contributed by atoms with Gasteiger partial charge in [0.1, 0.15) is 23.1 Å². The molecule has 1 aromatic heterocycles. The monoisotopic (exact) mass is 251 g/mol. The van der Waals surface area contributed by atoms with Gasteiger partial charge in [-0.25, -0.2) is 13.8 Å². The maximum absolute atomic E-state index is 13.6. The average Bonchev–Trinajstić information content (AvgIpc) is 2.64. The summed E-state index contributed by atoms with van der Waals surface area (Å²) in [5, 5.41) is 0. The molecule has 0 radical (unpaired) electrons. The minimum atomic E-state index is -0.530. The third kappa shape index (κ3) is 2.34. The summed E-state index contributed by atoms with van der Waals surface area (Å²) in [6, 6.07) is 3.25. The Morgan fingerprint density at radius 2 is 2.06 bits per heavy atom. The lowest BCUT2D eigenvalue weighted by Gasteiger charge is -2.08. The molecule has 0 aliphatic rings. The van der Waals surface area contributed by atoms with Gasteiger partial charge in [0, 0.05) is 12.1 Å². The van der Waals surface area contributed by atoms with E-state index in [0.717, 1.165) is 18.2 Å². The third-order valence-electron chi connectivity index (χ3n) is 2.62. The Bertz CT molecular complexity index is 561. The summed E-state index contributed by atoms with van der Waals surface area (Å²) < 4.78 is 28.5. The molecule has 96 valence electrons. The lowest BCUT2D eigenvalue weighted by Crippen LogP contribution is -2.07. The lowest BCUT2D eigenvalue weighted by molar-refractivity contribution is 0.527. The molecule has 2 N–H and O–H groups in total. The first kappa shape index (κ1) is 12.5. The predicted octanol–water partition coefficient (Wildman–Crippen LogP) is 3.07. The number of hydrogen-bond acceptors (Lipinski definition) is 2. The van der Waals surface area contributed by atoms with Gasteiger partial charge in [0.05, 0.1) is 6.33 Å². The van der Waals surface area contributed by atoms with Gasteiger partial charge in [0.2, 0.25) is 0 Å². The van der Waals surface area contributed by atoms with Crippen molar-refractivity contribution in [2.75, 3.05) is 5.73 Å². The van der Waals surface area contributed by atoms with Gasteiger partial charge in [-0.05, 0) is 24.1 Å². The summed E-state index contributed by atoms with van der Waals surface area (Å²) in [6.45, 7) is 4.78. The molecule has 3 nitrogen and oxygen atoms in total. The second kappa shape index (κ2) is 4.76. The number of nitrogen functional groups attached to an aromatic ring is 1. The van der Waals surface area contributed by atoms with Crippen molar-refractivity contribution >= 4 is 5.82 Å². The molecule has 0 bridgehead atoms. The van der Waals surface area contributed by atoms with Crippen LogP contribution >= 0.6 is 0 Å². The number of nitrogens with zero attached hydrogens (tertiary/aromatic N) is 2. The highest BCUT2D eigenvalue weighted by molar-refractivity contribution is 5.70. The Morgan fingerprint density at radius 3 is 2.72 bits per heavy atom. The minimum Gasteiger partial charge on any atom is -0.383 e. The topological polar surface area (TPSA) is 43.8 Å². The Balaban J connectivity index is 2.45. The number of benzene rings is 1.